The van der Waals surface area contributed by atoms with Gasteiger partial charge in [-0.3, -0.25) is 37.2 Å². The lowest BCUT2D eigenvalue weighted by Crippen LogP contribution is -2.47. The van der Waals surface area contributed by atoms with Gasteiger partial charge in [-0.05, 0) is 128 Å². The third kappa shape index (κ3) is 13.6. The van der Waals surface area contributed by atoms with Crippen molar-refractivity contribution in [3.63, 3.8) is 0 Å². The van der Waals surface area contributed by atoms with Gasteiger partial charge >= 0.3 is 23.9 Å². The van der Waals surface area contributed by atoms with Gasteiger partial charge in [0.1, 0.15) is 44.7 Å². The van der Waals surface area contributed by atoms with E-state index in [0.717, 1.165) is 25.7 Å². The predicted octanol–water partition coefficient (Wildman–Crippen LogP) is 7.80. The van der Waals surface area contributed by atoms with E-state index >= 15 is 0 Å². The Morgan fingerprint density at radius 2 is 1.00 bits per heavy atom. The maximum Gasteiger partial charge on any atom is 0.310 e. The molecule has 4 atom stereocenters. The number of carboxylic acids is 2. The van der Waals surface area contributed by atoms with Crippen molar-refractivity contribution in [3.8, 4) is 11.5 Å². The van der Waals surface area contributed by atoms with Crippen LogP contribution in [0.3, 0.4) is 0 Å². The summed E-state index contributed by atoms with van der Waals surface area (Å²) in [5.74, 6) is -2.60. The van der Waals surface area contributed by atoms with E-state index < -0.39 is 67.3 Å². The summed E-state index contributed by atoms with van der Waals surface area (Å²) in [4.78, 5) is 47.8. The highest BCUT2D eigenvalue weighted by molar-refractivity contribution is 7.93. The fourth-order valence-corrected chi connectivity index (χ4v) is 13.0. The van der Waals surface area contributed by atoms with Crippen molar-refractivity contribution < 1.29 is 65.2 Å². The van der Waals surface area contributed by atoms with Crippen LogP contribution in [0.25, 0.3) is 0 Å². The molecule has 4 aromatic rings. The molecule has 0 bridgehead atoms. The van der Waals surface area contributed by atoms with E-state index in [2.05, 4.69) is 10.2 Å². The van der Waals surface area contributed by atoms with Crippen molar-refractivity contribution in [2.45, 2.75) is 153 Å². The van der Waals surface area contributed by atoms with Crippen molar-refractivity contribution in [1.82, 2.24) is 19.6 Å². The minimum Gasteiger partial charge on any atom is -0.486 e. The van der Waals surface area contributed by atoms with E-state index in [1.54, 1.807) is 77.9 Å². The summed E-state index contributed by atoms with van der Waals surface area (Å²) in [5.41, 5.74) is 0.291. The largest absolute Gasteiger partial charge is 0.486 e. The molecule has 2 aromatic carbocycles. The molecule has 2 aliphatic carbocycles. The molecule has 2 aromatic heterocycles. The van der Waals surface area contributed by atoms with Gasteiger partial charge in [0, 0.05) is 37.3 Å². The van der Waals surface area contributed by atoms with Crippen molar-refractivity contribution >= 4 is 78.5 Å². The molecule has 0 radical (unpaired) electrons. The molecule has 0 saturated heterocycles. The van der Waals surface area contributed by atoms with Crippen LogP contribution in [0.15, 0.2) is 58.6 Å². The van der Waals surface area contributed by atoms with E-state index in [4.69, 9.17) is 42.1 Å². The minimum atomic E-state index is -4.20. The molecule has 2 aliphatic heterocycles. The molecule has 20 nitrogen and oxygen atoms in total. The van der Waals surface area contributed by atoms with Gasteiger partial charge in [-0.25, -0.2) is 16.8 Å². The fourth-order valence-electron chi connectivity index (χ4n) is 9.17. The van der Waals surface area contributed by atoms with Crippen LogP contribution < -0.4 is 18.1 Å². The van der Waals surface area contributed by atoms with E-state index in [1.165, 1.54) is 30.4 Å². The number of hydrogen-bond acceptors (Lipinski definition) is 14. The number of rotatable bonds is 18. The summed E-state index contributed by atoms with van der Waals surface area (Å²) in [7, 11) is -8.39. The van der Waals surface area contributed by atoms with Crippen LogP contribution in [0.2, 0.25) is 10.3 Å². The Kier molecular flexibility index (Phi) is 16.7. The van der Waals surface area contributed by atoms with Gasteiger partial charge < -0.3 is 29.2 Å². The Labute approximate surface area is 441 Å². The number of hydrogen-bond donors (Lipinski definition) is 2. The van der Waals surface area contributed by atoms with Crippen LogP contribution in [0.4, 0.5) is 11.4 Å². The minimum absolute atomic E-state index is 0.0555. The Morgan fingerprint density at radius 1 is 0.649 bits per heavy atom. The molecule has 0 spiro atoms. The van der Waals surface area contributed by atoms with Gasteiger partial charge in [0.15, 0.2) is 10.3 Å². The van der Waals surface area contributed by atoms with Gasteiger partial charge in [-0.2, -0.15) is 10.2 Å². The van der Waals surface area contributed by atoms with Crippen molar-refractivity contribution in [2.75, 3.05) is 21.7 Å². The number of aromatic nitrogens is 4. The predicted molar refractivity (Wildman–Crippen MR) is 273 cm³/mol. The highest BCUT2D eigenvalue weighted by Gasteiger charge is 2.47. The highest BCUT2D eigenvalue weighted by atomic mass is 35.5. The summed E-state index contributed by atoms with van der Waals surface area (Å²) in [6, 6.07) is 9.78. The average molecular weight is 1110 g/mol. The van der Waals surface area contributed by atoms with Crippen molar-refractivity contribution in [3.05, 3.63) is 70.2 Å². The van der Waals surface area contributed by atoms with Crippen molar-refractivity contribution in [2.24, 2.45) is 23.7 Å². The number of halogens is 2. The van der Waals surface area contributed by atoms with Crippen LogP contribution in [0, 0.1) is 23.7 Å². The molecule has 8 rings (SSSR count). The third-order valence-corrected chi connectivity index (χ3v) is 17.1. The van der Waals surface area contributed by atoms with Gasteiger partial charge in [-0.1, -0.05) is 35.3 Å². The number of fused-ring (bicyclic) bond motifs is 2. The normalized spacial score (nSPS) is 18.6. The number of nitrogens with zero attached hydrogens (tertiary/aromatic N) is 6. The topological polar surface area (TPSA) is 256 Å². The summed E-state index contributed by atoms with van der Waals surface area (Å²) in [5, 5.41) is 26.8. The third-order valence-electron chi connectivity index (χ3n) is 12.8. The average Bonchev–Trinajstić information content (AvgIpc) is 4.24. The fraction of sp³-hybridized carbons (Fsp3) is 0.560. The summed E-state index contributed by atoms with van der Waals surface area (Å²) >= 11 is 12.5. The first-order valence-corrected chi connectivity index (χ1v) is 28.2. The highest BCUT2D eigenvalue weighted by Crippen LogP contribution is 2.48. The van der Waals surface area contributed by atoms with E-state index in [-0.39, 0.29) is 93.9 Å². The number of sulfonamides is 2. The summed E-state index contributed by atoms with van der Waals surface area (Å²) in [6.07, 6.45) is 4.58. The monoisotopic (exact) mass is 1110 g/mol. The number of carbonyl (C=O) groups excluding carboxylic acids is 2. The van der Waals surface area contributed by atoms with E-state index in [1.807, 2.05) is 13.8 Å². The number of ether oxygens (including phenoxy) is 4. The molecule has 74 heavy (non-hydrogen) atoms. The van der Waals surface area contributed by atoms with Crippen LogP contribution >= 0.6 is 23.2 Å². The van der Waals surface area contributed by atoms with E-state index in [0.29, 0.717) is 35.7 Å². The zero-order valence-electron chi connectivity index (χ0n) is 42.6. The summed E-state index contributed by atoms with van der Waals surface area (Å²) < 4.78 is 84.2. The molecule has 0 unspecified atom stereocenters. The summed E-state index contributed by atoms with van der Waals surface area (Å²) in [6.45, 7) is 14.9. The number of carbonyl (C=O) groups is 4. The Bertz CT molecular complexity index is 2800. The number of aryl methyl sites for hydroxylation is 2. The van der Waals surface area contributed by atoms with Gasteiger partial charge in [0.2, 0.25) is 0 Å². The number of esters is 2. The molecular weight excluding hydrogens is 1040 g/mol. The quantitative estimate of drug-likeness (QED) is 0.0901. The van der Waals surface area contributed by atoms with Gasteiger partial charge in [0.25, 0.3) is 20.0 Å². The van der Waals surface area contributed by atoms with Crippen LogP contribution in [-0.4, -0.2) is 107 Å². The van der Waals surface area contributed by atoms with Gasteiger partial charge in [-0.15, -0.1) is 0 Å². The molecule has 2 saturated carbocycles. The second kappa shape index (κ2) is 21.9. The van der Waals surface area contributed by atoms with Crippen LogP contribution in [0.1, 0.15) is 105 Å². The zero-order valence-corrected chi connectivity index (χ0v) is 45.8. The maximum absolute atomic E-state index is 13.9. The lowest BCUT2D eigenvalue weighted by atomic mass is 9.92. The number of anilines is 2. The standard InChI is InChI=1S/2C25H32ClN3O7S/c2*1-5-28-14-21(24(26)27-28)37(33,34)29-13-20(17(12-22(30)31)16-7-8-16)35-19-9-6-15(10-18(19)29)11-23(32)36-25(2,3)4/h2*6,9-10,14,16-17,20H,5,7-8,11-13H2,1-4H3,(H,30,31)/t17-,20+;17-,20-/m01/s1. The lowest BCUT2D eigenvalue weighted by Gasteiger charge is -2.38. The number of benzene rings is 2. The molecule has 2 fully saturated rings. The molecule has 4 aliphatic rings. The first-order valence-electron chi connectivity index (χ1n) is 24.5. The first kappa shape index (κ1) is 56.2. The smallest absolute Gasteiger partial charge is 0.310 e. The molecular formula is C50H64Cl2N6O14S2. The van der Waals surface area contributed by atoms with Crippen LogP contribution in [0.5, 0.6) is 11.5 Å². The molecule has 404 valence electrons. The molecule has 2 N–H and O–H groups in total. The Morgan fingerprint density at radius 3 is 1.28 bits per heavy atom. The number of carboxylic acid groups (broad SMARTS) is 2. The zero-order chi connectivity index (χ0) is 54.2. The number of aliphatic carboxylic acids is 2. The maximum atomic E-state index is 13.9. The van der Waals surface area contributed by atoms with Gasteiger partial charge in [0.05, 0.1) is 50.1 Å². The lowest BCUT2D eigenvalue weighted by molar-refractivity contribution is -0.155. The van der Waals surface area contributed by atoms with Crippen LogP contribution in [-0.2, 0) is 74.6 Å². The molecule has 24 heteroatoms. The van der Waals surface area contributed by atoms with E-state index in [9.17, 15) is 46.2 Å². The first-order chi connectivity index (χ1) is 34.6. The Hall–Kier alpha value is -5.58. The molecule has 4 heterocycles. The molecule has 0 amide bonds. The second-order valence-corrected chi connectivity index (χ2v) is 25.4. The second-order valence-electron chi connectivity index (χ2n) is 21.0. The van der Waals surface area contributed by atoms with Crippen molar-refractivity contribution in [1.29, 1.82) is 0 Å². The Balaban J connectivity index is 0.000000216. The SMILES string of the molecule is CCn1cc(S(=O)(=O)N2C[C@H]([C@@H](CC(=O)O)C3CC3)Oc3ccc(CC(=O)OC(C)(C)C)cc32)c(Cl)n1.CCn1cc(S(=O)(=O)N2C[C@H]([C@H](CC(=O)O)C3CC3)Oc3ccc(CC(=O)OC(C)(C)C)cc32)c(Cl)n1.